The first-order valence-corrected chi connectivity index (χ1v) is 13.3. The molecule has 0 unspecified atom stereocenters. The Morgan fingerprint density at radius 2 is 1.89 bits per heavy atom. The van der Waals surface area contributed by atoms with Crippen molar-refractivity contribution in [2.24, 2.45) is 10.9 Å². The zero-order valence-electron chi connectivity index (χ0n) is 21.1. The molecule has 0 radical (unpaired) electrons. The fraction of sp³-hybridized carbons (Fsp3) is 0.182. The highest BCUT2D eigenvalue weighted by molar-refractivity contribution is 6.32. The molecule has 190 valence electrons. The maximum Gasteiger partial charge on any atom is 0.138 e. The summed E-state index contributed by atoms with van der Waals surface area (Å²) in [6.07, 6.45) is 7.57. The molecule has 0 bridgehead atoms. The summed E-state index contributed by atoms with van der Waals surface area (Å²) in [7, 11) is 0. The molecule has 1 aliphatic carbocycles. The second kappa shape index (κ2) is 10.5. The third-order valence-electron chi connectivity index (χ3n) is 7.37. The summed E-state index contributed by atoms with van der Waals surface area (Å²) in [6, 6.07) is 27.3. The molecule has 3 nitrogen and oxygen atoms in total. The van der Waals surface area contributed by atoms with Gasteiger partial charge in [0.25, 0.3) is 0 Å². The summed E-state index contributed by atoms with van der Waals surface area (Å²) >= 11 is 6.43. The quantitative estimate of drug-likeness (QED) is 0.202. The highest BCUT2D eigenvalue weighted by atomic mass is 35.5. The number of nitrogens with one attached hydrogen (secondary N) is 1. The number of benzene rings is 4. The third-order valence-corrected chi connectivity index (χ3v) is 7.67. The number of nitrogens with zero attached hydrogens (tertiary/aromatic N) is 1. The number of hydrogen-bond acceptors (Lipinski definition) is 3. The summed E-state index contributed by atoms with van der Waals surface area (Å²) in [5, 5.41) is 4.29. The van der Waals surface area contributed by atoms with E-state index in [1.807, 2.05) is 24.3 Å². The van der Waals surface area contributed by atoms with E-state index in [1.54, 1.807) is 12.3 Å². The summed E-state index contributed by atoms with van der Waals surface area (Å²) < 4.78 is 19.2. The second-order valence-corrected chi connectivity index (χ2v) is 10.4. The Morgan fingerprint density at radius 3 is 2.71 bits per heavy atom. The summed E-state index contributed by atoms with van der Waals surface area (Å²) in [5.74, 6) is 1.24. The van der Waals surface area contributed by atoms with Gasteiger partial charge in [-0.1, -0.05) is 65.7 Å². The van der Waals surface area contributed by atoms with Crippen LogP contribution in [0.25, 0.3) is 0 Å². The molecule has 4 aromatic rings. The molecule has 6 rings (SSSR count). The van der Waals surface area contributed by atoms with Gasteiger partial charge in [0.05, 0.1) is 16.8 Å². The molecule has 38 heavy (non-hydrogen) atoms. The van der Waals surface area contributed by atoms with E-state index >= 15 is 0 Å². The van der Waals surface area contributed by atoms with Crippen molar-refractivity contribution < 1.29 is 9.13 Å². The Hall–Kier alpha value is -3.89. The molecule has 1 heterocycles. The molecule has 0 aromatic heterocycles. The monoisotopic (exact) mass is 522 g/mol. The smallest absolute Gasteiger partial charge is 0.138 e. The van der Waals surface area contributed by atoms with Gasteiger partial charge < -0.3 is 10.1 Å². The molecule has 1 aliphatic heterocycles. The van der Waals surface area contributed by atoms with Crippen molar-refractivity contribution in [1.82, 2.24) is 0 Å². The molecule has 3 atom stereocenters. The molecule has 4 aromatic carbocycles. The van der Waals surface area contributed by atoms with Crippen LogP contribution in [0.4, 0.5) is 15.8 Å². The van der Waals surface area contributed by atoms with E-state index in [4.69, 9.17) is 16.3 Å². The van der Waals surface area contributed by atoms with Crippen molar-refractivity contribution in [3.63, 3.8) is 0 Å². The van der Waals surface area contributed by atoms with Crippen LogP contribution in [0.3, 0.4) is 0 Å². The van der Waals surface area contributed by atoms with Gasteiger partial charge in [-0.25, -0.2) is 4.39 Å². The van der Waals surface area contributed by atoms with Crippen LogP contribution >= 0.6 is 11.6 Å². The number of rotatable bonds is 6. The standard InChI is InChI=1S/C33H28ClFN2O/c1-21-8-14-31-29(16-21)27-6-3-7-28(27)33(37-31)24-10-12-26(13-11-24)36-19-22-9-15-32(30(34)18-22)38-20-23-4-2-5-25(35)17-23/h2-6,8-19,27-28,33,37H,7,20H2,1H3/t27-,28+,33+/m1/s1. The summed E-state index contributed by atoms with van der Waals surface area (Å²) in [6.45, 7) is 2.40. The Bertz CT molecular complexity index is 1530. The first-order chi connectivity index (χ1) is 18.5. The van der Waals surface area contributed by atoms with Crippen LogP contribution < -0.4 is 10.1 Å². The van der Waals surface area contributed by atoms with E-state index < -0.39 is 0 Å². The molecule has 0 spiro atoms. The molecule has 0 fully saturated rings. The minimum Gasteiger partial charge on any atom is -0.487 e. The first-order valence-electron chi connectivity index (χ1n) is 12.9. The van der Waals surface area contributed by atoms with Gasteiger partial charge in [-0.2, -0.15) is 0 Å². The maximum atomic E-state index is 13.4. The number of halogens is 2. The van der Waals surface area contributed by atoms with Crippen molar-refractivity contribution in [3.05, 3.63) is 136 Å². The second-order valence-electron chi connectivity index (χ2n) is 10.0. The predicted molar refractivity (Wildman–Crippen MR) is 153 cm³/mol. The van der Waals surface area contributed by atoms with E-state index in [0.717, 1.165) is 23.2 Å². The highest BCUT2D eigenvalue weighted by Gasteiger charge is 2.37. The molecule has 1 N–H and O–H groups in total. The lowest BCUT2D eigenvalue weighted by molar-refractivity contribution is 0.306. The van der Waals surface area contributed by atoms with Gasteiger partial charge in [0.15, 0.2) is 0 Å². The van der Waals surface area contributed by atoms with Gasteiger partial charge >= 0.3 is 0 Å². The van der Waals surface area contributed by atoms with Gasteiger partial charge in [-0.3, -0.25) is 4.99 Å². The minimum atomic E-state index is -0.285. The number of fused-ring (bicyclic) bond motifs is 3. The number of aliphatic imine (C=N–C) groups is 1. The molecular weight excluding hydrogens is 495 g/mol. The van der Waals surface area contributed by atoms with Gasteiger partial charge in [-0.15, -0.1) is 0 Å². The topological polar surface area (TPSA) is 33.6 Å². The minimum absolute atomic E-state index is 0.246. The fourth-order valence-electron chi connectivity index (χ4n) is 5.46. The van der Waals surface area contributed by atoms with Gasteiger partial charge in [0.1, 0.15) is 18.2 Å². The van der Waals surface area contributed by atoms with E-state index in [-0.39, 0.29) is 18.5 Å². The van der Waals surface area contributed by atoms with Crippen LogP contribution in [-0.4, -0.2) is 6.21 Å². The van der Waals surface area contributed by atoms with Gasteiger partial charge in [0, 0.05) is 17.8 Å². The van der Waals surface area contributed by atoms with Crippen molar-refractivity contribution in [2.75, 3.05) is 5.32 Å². The lowest BCUT2D eigenvalue weighted by Crippen LogP contribution is -2.29. The van der Waals surface area contributed by atoms with Crippen molar-refractivity contribution in [2.45, 2.75) is 31.9 Å². The largest absolute Gasteiger partial charge is 0.487 e. The number of anilines is 1. The predicted octanol–water partition coefficient (Wildman–Crippen LogP) is 8.94. The molecule has 2 aliphatic rings. The maximum absolute atomic E-state index is 13.4. The number of ether oxygens (including phenoxy) is 1. The fourth-order valence-corrected chi connectivity index (χ4v) is 5.71. The van der Waals surface area contributed by atoms with Crippen LogP contribution in [0.1, 0.15) is 46.2 Å². The van der Waals surface area contributed by atoms with Crippen molar-refractivity contribution in [1.29, 1.82) is 0 Å². The zero-order valence-corrected chi connectivity index (χ0v) is 21.8. The van der Waals surface area contributed by atoms with Crippen molar-refractivity contribution in [3.8, 4) is 5.75 Å². The van der Waals surface area contributed by atoms with Crippen LogP contribution in [0.5, 0.6) is 5.75 Å². The Balaban J connectivity index is 1.13. The summed E-state index contributed by atoms with van der Waals surface area (Å²) in [4.78, 5) is 4.65. The normalized spacial score (nSPS) is 19.7. The lowest BCUT2D eigenvalue weighted by Gasteiger charge is -2.37. The molecule has 0 saturated heterocycles. The van der Waals surface area contributed by atoms with Gasteiger partial charge in [0.2, 0.25) is 0 Å². The Kier molecular flexibility index (Phi) is 6.73. The van der Waals surface area contributed by atoms with Crippen LogP contribution in [0.15, 0.2) is 102 Å². The van der Waals surface area contributed by atoms with Crippen molar-refractivity contribution >= 4 is 29.2 Å². The molecule has 0 amide bonds. The van der Waals surface area contributed by atoms with E-state index in [9.17, 15) is 4.39 Å². The number of allylic oxidation sites excluding steroid dienone is 2. The van der Waals surface area contributed by atoms with Crippen LogP contribution in [-0.2, 0) is 6.61 Å². The average Bonchev–Trinajstić information content (AvgIpc) is 3.42. The van der Waals surface area contributed by atoms with E-state index in [0.29, 0.717) is 22.6 Å². The molecule has 5 heteroatoms. The van der Waals surface area contributed by atoms with E-state index in [2.05, 4.69) is 71.8 Å². The Labute approximate surface area is 227 Å². The number of hydrogen-bond donors (Lipinski definition) is 1. The Morgan fingerprint density at radius 1 is 1.03 bits per heavy atom. The SMILES string of the molecule is Cc1ccc2c(c1)[C@@H]1C=CC[C@@H]1[C@H](c1ccc(N=Cc3ccc(OCc4cccc(F)c4)c(Cl)c3)cc1)N2. The lowest BCUT2D eigenvalue weighted by atomic mass is 9.76. The zero-order chi connectivity index (χ0) is 26.1. The third kappa shape index (κ3) is 5.09. The van der Waals surface area contributed by atoms with Crippen LogP contribution in [0, 0.1) is 18.7 Å². The summed E-state index contributed by atoms with van der Waals surface area (Å²) in [5.41, 5.74) is 7.72. The molecular formula is C33H28ClFN2O. The number of aryl methyl sites for hydroxylation is 1. The average molecular weight is 523 g/mol. The molecule has 0 saturated carbocycles. The van der Waals surface area contributed by atoms with Crippen LogP contribution in [0.2, 0.25) is 5.02 Å². The van der Waals surface area contributed by atoms with E-state index in [1.165, 1.54) is 34.5 Å². The highest BCUT2D eigenvalue weighted by Crippen LogP contribution is 2.50. The first kappa shape index (κ1) is 24.4. The van der Waals surface area contributed by atoms with Gasteiger partial charge in [-0.05, 0) is 90.0 Å².